The third kappa shape index (κ3) is 2.61. The predicted molar refractivity (Wildman–Crippen MR) is 80.2 cm³/mol. The molecule has 1 fully saturated rings. The zero-order valence-corrected chi connectivity index (χ0v) is 12.0. The van der Waals surface area contributed by atoms with Gasteiger partial charge in [-0.1, -0.05) is 18.2 Å². The van der Waals surface area contributed by atoms with E-state index in [1.165, 1.54) is 0 Å². The average molecular weight is 282 g/mol. The van der Waals surface area contributed by atoms with E-state index in [9.17, 15) is 4.79 Å². The third-order valence-corrected chi connectivity index (χ3v) is 3.92. The van der Waals surface area contributed by atoms with Gasteiger partial charge in [0.1, 0.15) is 5.75 Å². The summed E-state index contributed by atoms with van der Waals surface area (Å²) in [6.07, 6.45) is 5.59. The van der Waals surface area contributed by atoms with Crippen LogP contribution in [0.1, 0.15) is 34.8 Å². The Morgan fingerprint density at radius 1 is 1.29 bits per heavy atom. The minimum absolute atomic E-state index is 0.0267. The van der Waals surface area contributed by atoms with E-state index >= 15 is 0 Å². The normalized spacial score (nSPS) is 17.8. The van der Waals surface area contributed by atoms with Gasteiger partial charge in [0.15, 0.2) is 0 Å². The van der Waals surface area contributed by atoms with Gasteiger partial charge in [-0.2, -0.15) is 0 Å². The fourth-order valence-corrected chi connectivity index (χ4v) is 2.91. The lowest BCUT2D eigenvalue weighted by Crippen LogP contribution is -2.30. The largest absolute Gasteiger partial charge is 0.496 e. The third-order valence-electron chi connectivity index (χ3n) is 3.92. The van der Waals surface area contributed by atoms with Crippen LogP contribution in [0.4, 0.5) is 0 Å². The van der Waals surface area contributed by atoms with E-state index < -0.39 is 0 Å². The van der Waals surface area contributed by atoms with Crippen LogP contribution < -0.4 is 4.74 Å². The summed E-state index contributed by atoms with van der Waals surface area (Å²) < 4.78 is 5.31. The molecule has 21 heavy (non-hydrogen) atoms. The van der Waals surface area contributed by atoms with Gasteiger partial charge in [-0.15, -0.1) is 0 Å². The number of rotatable bonds is 3. The molecule has 1 amide bonds. The molecule has 2 aromatic rings. The van der Waals surface area contributed by atoms with Gasteiger partial charge in [0.2, 0.25) is 0 Å². The Morgan fingerprint density at radius 3 is 2.90 bits per heavy atom. The van der Waals surface area contributed by atoms with Crippen LogP contribution in [0.15, 0.2) is 48.8 Å². The second-order valence-electron chi connectivity index (χ2n) is 5.14. The first kappa shape index (κ1) is 13.6. The highest BCUT2D eigenvalue weighted by molar-refractivity contribution is 5.97. The van der Waals surface area contributed by atoms with E-state index in [0.717, 1.165) is 24.9 Å². The number of carbonyl (C=O) groups is 1. The molecule has 2 heterocycles. The summed E-state index contributed by atoms with van der Waals surface area (Å²) in [5, 5.41) is 0. The van der Waals surface area contributed by atoms with Gasteiger partial charge >= 0.3 is 0 Å². The molecule has 4 heteroatoms. The molecule has 108 valence electrons. The minimum Gasteiger partial charge on any atom is -0.496 e. The zero-order chi connectivity index (χ0) is 14.7. The van der Waals surface area contributed by atoms with Crippen molar-refractivity contribution in [3.05, 3.63) is 59.9 Å². The molecule has 0 bridgehead atoms. The van der Waals surface area contributed by atoms with Gasteiger partial charge in [-0.25, -0.2) is 0 Å². The number of likely N-dealkylation sites (tertiary alicyclic amines) is 1. The van der Waals surface area contributed by atoms with Gasteiger partial charge in [-0.05, 0) is 36.6 Å². The molecule has 0 saturated carbocycles. The minimum atomic E-state index is 0.0267. The fourth-order valence-electron chi connectivity index (χ4n) is 2.91. The second-order valence-corrected chi connectivity index (χ2v) is 5.14. The van der Waals surface area contributed by atoms with E-state index in [1.54, 1.807) is 13.3 Å². The molecule has 0 aliphatic carbocycles. The number of ether oxygens (including phenoxy) is 1. The summed E-state index contributed by atoms with van der Waals surface area (Å²) in [6.45, 7) is 0.774. The summed E-state index contributed by atoms with van der Waals surface area (Å²) in [7, 11) is 1.59. The van der Waals surface area contributed by atoms with Crippen LogP contribution in [0, 0.1) is 0 Å². The standard InChI is InChI=1S/C17H18N2O2/c1-21-16-9-3-2-7-14(16)17(20)19-11-5-8-15(19)13-6-4-10-18-12-13/h2-4,6-7,9-10,12,15H,5,8,11H2,1H3. The van der Waals surface area contributed by atoms with Crippen molar-refractivity contribution in [1.29, 1.82) is 0 Å². The van der Waals surface area contributed by atoms with Gasteiger partial charge in [0.25, 0.3) is 5.91 Å². The number of para-hydroxylation sites is 1. The molecule has 0 N–H and O–H groups in total. The van der Waals surface area contributed by atoms with Crippen molar-refractivity contribution >= 4 is 5.91 Å². The lowest BCUT2D eigenvalue weighted by molar-refractivity contribution is 0.0732. The molecule has 4 nitrogen and oxygen atoms in total. The molecule has 1 aromatic carbocycles. The zero-order valence-electron chi connectivity index (χ0n) is 12.0. The highest BCUT2D eigenvalue weighted by atomic mass is 16.5. The number of methoxy groups -OCH3 is 1. The molecule has 1 aliphatic rings. The van der Waals surface area contributed by atoms with Crippen LogP contribution in [0.5, 0.6) is 5.75 Å². The Balaban J connectivity index is 1.90. The monoisotopic (exact) mass is 282 g/mol. The maximum Gasteiger partial charge on any atom is 0.258 e. The number of pyridine rings is 1. The summed E-state index contributed by atoms with van der Waals surface area (Å²) in [6, 6.07) is 11.4. The number of aromatic nitrogens is 1. The van der Waals surface area contributed by atoms with E-state index in [-0.39, 0.29) is 11.9 Å². The SMILES string of the molecule is COc1ccccc1C(=O)N1CCCC1c1cccnc1. The molecule has 1 saturated heterocycles. The van der Waals surface area contributed by atoms with Crippen LogP contribution in [0.2, 0.25) is 0 Å². The average Bonchev–Trinajstić information content (AvgIpc) is 3.04. The Hall–Kier alpha value is -2.36. The predicted octanol–water partition coefficient (Wildman–Crippen LogP) is 3.07. The first-order chi connectivity index (χ1) is 10.3. The summed E-state index contributed by atoms with van der Waals surface area (Å²) >= 11 is 0. The van der Waals surface area contributed by atoms with Crippen LogP contribution in [0.25, 0.3) is 0 Å². The Kier molecular flexibility index (Phi) is 3.86. The van der Waals surface area contributed by atoms with Gasteiger partial charge in [-0.3, -0.25) is 9.78 Å². The highest BCUT2D eigenvalue weighted by Gasteiger charge is 2.31. The Bertz CT molecular complexity index is 628. The molecule has 1 aliphatic heterocycles. The van der Waals surface area contributed by atoms with Crippen molar-refractivity contribution < 1.29 is 9.53 Å². The van der Waals surface area contributed by atoms with Crippen LogP contribution in [-0.2, 0) is 0 Å². The highest BCUT2D eigenvalue weighted by Crippen LogP contribution is 2.34. The topological polar surface area (TPSA) is 42.4 Å². The van der Waals surface area contributed by atoms with Crippen molar-refractivity contribution in [1.82, 2.24) is 9.88 Å². The van der Waals surface area contributed by atoms with Crippen molar-refractivity contribution in [2.45, 2.75) is 18.9 Å². The van der Waals surface area contributed by atoms with Crippen molar-refractivity contribution in [3.8, 4) is 5.75 Å². The molecule has 0 spiro atoms. The van der Waals surface area contributed by atoms with E-state index in [4.69, 9.17) is 4.74 Å². The summed E-state index contributed by atoms with van der Waals surface area (Å²) in [5.74, 6) is 0.651. The molecule has 1 atom stereocenters. The molecule has 1 aromatic heterocycles. The Labute approximate surface area is 124 Å². The molecule has 3 rings (SSSR count). The van der Waals surface area contributed by atoms with Crippen molar-refractivity contribution in [2.24, 2.45) is 0 Å². The second kappa shape index (κ2) is 5.95. The number of benzene rings is 1. The number of nitrogens with zero attached hydrogens (tertiary/aromatic N) is 2. The fraction of sp³-hybridized carbons (Fsp3) is 0.294. The number of hydrogen-bond donors (Lipinski definition) is 0. The lowest BCUT2D eigenvalue weighted by Gasteiger charge is -2.25. The molecule has 1 unspecified atom stereocenters. The van der Waals surface area contributed by atoms with E-state index in [0.29, 0.717) is 11.3 Å². The maximum atomic E-state index is 12.8. The maximum absolute atomic E-state index is 12.8. The Morgan fingerprint density at radius 2 is 2.14 bits per heavy atom. The number of amides is 1. The van der Waals surface area contributed by atoms with Crippen LogP contribution in [0.3, 0.4) is 0 Å². The van der Waals surface area contributed by atoms with Crippen molar-refractivity contribution in [3.63, 3.8) is 0 Å². The van der Waals surface area contributed by atoms with E-state index in [2.05, 4.69) is 4.98 Å². The number of hydrogen-bond acceptors (Lipinski definition) is 3. The van der Waals surface area contributed by atoms with Gasteiger partial charge in [0, 0.05) is 18.9 Å². The van der Waals surface area contributed by atoms with Crippen molar-refractivity contribution in [2.75, 3.05) is 13.7 Å². The first-order valence-corrected chi connectivity index (χ1v) is 7.15. The first-order valence-electron chi connectivity index (χ1n) is 7.15. The molecular weight excluding hydrogens is 264 g/mol. The number of carbonyl (C=O) groups excluding carboxylic acids is 1. The molecule has 0 radical (unpaired) electrons. The van der Waals surface area contributed by atoms with Gasteiger partial charge < -0.3 is 9.64 Å². The van der Waals surface area contributed by atoms with Gasteiger partial charge in [0.05, 0.1) is 18.7 Å². The molecular formula is C17H18N2O2. The van der Waals surface area contributed by atoms with Crippen LogP contribution >= 0.6 is 0 Å². The van der Waals surface area contributed by atoms with Crippen LogP contribution in [-0.4, -0.2) is 29.4 Å². The summed E-state index contributed by atoms with van der Waals surface area (Å²) in [4.78, 5) is 18.9. The quantitative estimate of drug-likeness (QED) is 0.869. The summed E-state index contributed by atoms with van der Waals surface area (Å²) in [5.41, 5.74) is 1.72. The van der Waals surface area contributed by atoms with E-state index in [1.807, 2.05) is 47.5 Å². The smallest absolute Gasteiger partial charge is 0.258 e. The lowest BCUT2D eigenvalue weighted by atomic mass is 10.1.